The van der Waals surface area contributed by atoms with E-state index in [1.165, 1.54) is 17.1 Å². The fraction of sp³-hybridized carbons (Fsp3) is 0.625. The first kappa shape index (κ1) is 18.0. The van der Waals surface area contributed by atoms with Crippen LogP contribution in [0.3, 0.4) is 0 Å². The van der Waals surface area contributed by atoms with Crippen molar-refractivity contribution in [3.8, 4) is 11.5 Å². The standard InChI is InChI=1S/C16H26N2O4S/c1-4-18(2)23(19,20)17-12-13-9-10-15(21-3)16(11-13)22-14-7-5-6-8-14/h9-11,14,17H,4-8,12H2,1-3H3. The van der Waals surface area contributed by atoms with Crippen molar-refractivity contribution in [2.75, 3.05) is 20.7 Å². The van der Waals surface area contributed by atoms with E-state index in [1.54, 1.807) is 21.1 Å². The van der Waals surface area contributed by atoms with Gasteiger partial charge in [-0.25, -0.2) is 0 Å². The molecule has 0 unspecified atom stereocenters. The van der Waals surface area contributed by atoms with E-state index in [0.29, 0.717) is 18.0 Å². The van der Waals surface area contributed by atoms with Gasteiger partial charge in [0.05, 0.1) is 13.2 Å². The molecule has 1 N–H and O–H groups in total. The highest BCUT2D eigenvalue weighted by atomic mass is 32.2. The van der Waals surface area contributed by atoms with Crippen LogP contribution in [0.5, 0.6) is 11.5 Å². The quantitative estimate of drug-likeness (QED) is 0.787. The summed E-state index contributed by atoms with van der Waals surface area (Å²) in [5.74, 6) is 1.36. The van der Waals surface area contributed by atoms with Crippen molar-refractivity contribution in [1.29, 1.82) is 0 Å². The summed E-state index contributed by atoms with van der Waals surface area (Å²) in [5, 5.41) is 0. The molecule has 7 heteroatoms. The SMILES string of the molecule is CCN(C)S(=O)(=O)NCc1ccc(OC)c(OC2CCCC2)c1. The summed E-state index contributed by atoms with van der Waals surface area (Å²) in [6.45, 7) is 2.44. The number of hydrogen-bond acceptors (Lipinski definition) is 4. The highest BCUT2D eigenvalue weighted by Gasteiger charge is 2.19. The summed E-state index contributed by atoms with van der Waals surface area (Å²) in [7, 11) is -0.295. The molecular weight excluding hydrogens is 316 g/mol. The topological polar surface area (TPSA) is 67.9 Å². The van der Waals surface area contributed by atoms with Crippen LogP contribution in [0.25, 0.3) is 0 Å². The molecular formula is C16H26N2O4S. The summed E-state index contributed by atoms with van der Waals surface area (Å²) >= 11 is 0. The molecule has 1 fully saturated rings. The maximum absolute atomic E-state index is 12.0. The van der Waals surface area contributed by atoms with Crippen molar-refractivity contribution in [3.05, 3.63) is 23.8 Å². The molecule has 1 aliphatic rings. The summed E-state index contributed by atoms with van der Waals surface area (Å²) in [6.07, 6.45) is 4.72. The van der Waals surface area contributed by atoms with Gasteiger partial charge in [-0.05, 0) is 43.4 Å². The second-order valence-corrected chi connectivity index (χ2v) is 7.61. The minimum absolute atomic E-state index is 0.220. The van der Waals surface area contributed by atoms with E-state index in [9.17, 15) is 8.42 Å². The third-order valence-corrected chi connectivity index (χ3v) is 5.73. The van der Waals surface area contributed by atoms with Crippen LogP contribution in [0.1, 0.15) is 38.2 Å². The molecule has 1 saturated carbocycles. The van der Waals surface area contributed by atoms with E-state index in [4.69, 9.17) is 9.47 Å². The van der Waals surface area contributed by atoms with Crippen molar-refractivity contribution in [2.45, 2.75) is 45.3 Å². The Balaban J connectivity index is 2.07. The summed E-state index contributed by atoms with van der Waals surface area (Å²) in [5.41, 5.74) is 0.840. The Morgan fingerprint density at radius 2 is 1.96 bits per heavy atom. The van der Waals surface area contributed by atoms with Gasteiger partial charge in [-0.2, -0.15) is 17.4 Å². The Bertz CT molecular complexity index is 613. The van der Waals surface area contributed by atoms with Crippen molar-refractivity contribution < 1.29 is 17.9 Å². The van der Waals surface area contributed by atoms with Crippen molar-refractivity contribution in [2.24, 2.45) is 0 Å². The molecule has 0 atom stereocenters. The third-order valence-electron chi connectivity index (χ3n) is 4.14. The van der Waals surface area contributed by atoms with E-state index in [0.717, 1.165) is 18.4 Å². The summed E-state index contributed by atoms with van der Waals surface area (Å²) in [4.78, 5) is 0. The molecule has 130 valence electrons. The highest BCUT2D eigenvalue weighted by molar-refractivity contribution is 7.87. The molecule has 6 nitrogen and oxygen atoms in total. The highest BCUT2D eigenvalue weighted by Crippen LogP contribution is 2.32. The molecule has 0 aliphatic heterocycles. The molecule has 0 spiro atoms. The van der Waals surface area contributed by atoms with Crippen LogP contribution in [0.2, 0.25) is 0 Å². The van der Waals surface area contributed by atoms with Crippen LogP contribution in [0, 0.1) is 0 Å². The predicted molar refractivity (Wildman–Crippen MR) is 89.9 cm³/mol. The zero-order valence-corrected chi connectivity index (χ0v) is 14.9. The summed E-state index contributed by atoms with van der Waals surface area (Å²) < 4.78 is 39.2. The van der Waals surface area contributed by atoms with Gasteiger partial charge >= 0.3 is 0 Å². The first-order chi connectivity index (χ1) is 11.0. The Kier molecular flexibility index (Phi) is 6.26. The molecule has 1 aliphatic carbocycles. The fourth-order valence-electron chi connectivity index (χ4n) is 2.56. The maximum atomic E-state index is 12.0. The molecule has 1 aromatic carbocycles. The van der Waals surface area contributed by atoms with Gasteiger partial charge < -0.3 is 9.47 Å². The number of ether oxygens (including phenoxy) is 2. The van der Waals surface area contributed by atoms with E-state index in [1.807, 2.05) is 18.2 Å². The molecule has 0 saturated heterocycles. The lowest BCUT2D eigenvalue weighted by Gasteiger charge is -2.18. The zero-order chi connectivity index (χ0) is 16.9. The second-order valence-electron chi connectivity index (χ2n) is 5.75. The molecule has 0 amide bonds. The lowest BCUT2D eigenvalue weighted by molar-refractivity contribution is 0.200. The molecule has 1 aromatic rings. The number of hydrogen-bond donors (Lipinski definition) is 1. The molecule has 0 bridgehead atoms. The minimum atomic E-state index is -3.45. The van der Waals surface area contributed by atoms with Gasteiger partial charge in [0.25, 0.3) is 10.2 Å². The van der Waals surface area contributed by atoms with Crippen LogP contribution in [-0.2, 0) is 16.8 Å². The monoisotopic (exact) mass is 342 g/mol. The van der Waals surface area contributed by atoms with E-state index >= 15 is 0 Å². The molecule has 2 rings (SSSR count). The van der Waals surface area contributed by atoms with Gasteiger partial charge in [0.2, 0.25) is 0 Å². The first-order valence-corrected chi connectivity index (χ1v) is 9.44. The van der Waals surface area contributed by atoms with Gasteiger partial charge in [-0.15, -0.1) is 0 Å². The van der Waals surface area contributed by atoms with Gasteiger partial charge in [-0.3, -0.25) is 0 Å². The van der Waals surface area contributed by atoms with Crippen molar-refractivity contribution in [1.82, 2.24) is 9.03 Å². The van der Waals surface area contributed by atoms with Gasteiger partial charge in [0, 0.05) is 20.1 Å². The van der Waals surface area contributed by atoms with Crippen molar-refractivity contribution in [3.63, 3.8) is 0 Å². The normalized spacial score (nSPS) is 16.0. The lowest BCUT2D eigenvalue weighted by Crippen LogP contribution is -2.37. The Labute approximate surface area is 139 Å². The smallest absolute Gasteiger partial charge is 0.279 e. The molecule has 0 radical (unpaired) electrons. The Morgan fingerprint density at radius 3 is 2.57 bits per heavy atom. The average Bonchev–Trinajstić information content (AvgIpc) is 3.05. The first-order valence-electron chi connectivity index (χ1n) is 8.00. The summed E-state index contributed by atoms with van der Waals surface area (Å²) in [6, 6.07) is 5.51. The fourth-order valence-corrected chi connectivity index (χ4v) is 3.47. The number of nitrogens with zero attached hydrogens (tertiary/aromatic N) is 1. The Morgan fingerprint density at radius 1 is 1.26 bits per heavy atom. The third kappa shape index (κ3) is 4.83. The number of benzene rings is 1. The molecule has 0 aromatic heterocycles. The average molecular weight is 342 g/mol. The second kappa shape index (κ2) is 7.99. The Hall–Kier alpha value is -1.31. The van der Waals surface area contributed by atoms with Gasteiger partial charge in [-0.1, -0.05) is 13.0 Å². The van der Waals surface area contributed by atoms with Gasteiger partial charge in [0.1, 0.15) is 0 Å². The van der Waals surface area contributed by atoms with Crippen LogP contribution in [-0.4, -0.2) is 39.5 Å². The number of rotatable bonds is 8. The zero-order valence-electron chi connectivity index (χ0n) is 14.0. The van der Waals surface area contributed by atoms with Crippen LogP contribution >= 0.6 is 0 Å². The maximum Gasteiger partial charge on any atom is 0.279 e. The minimum Gasteiger partial charge on any atom is -0.493 e. The van der Waals surface area contributed by atoms with E-state index < -0.39 is 10.2 Å². The molecule has 0 heterocycles. The van der Waals surface area contributed by atoms with Crippen LogP contribution in [0.4, 0.5) is 0 Å². The van der Waals surface area contributed by atoms with E-state index in [2.05, 4.69) is 4.72 Å². The number of nitrogens with one attached hydrogen (secondary N) is 1. The lowest BCUT2D eigenvalue weighted by atomic mass is 10.2. The van der Waals surface area contributed by atoms with Crippen molar-refractivity contribution >= 4 is 10.2 Å². The molecule has 23 heavy (non-hydrogen) atoms. The largest absolute Gasteiger partial charge is 0.493 e. The van der Waals surface area contributed by atoms with Crippen LogP contribution in [0.15, 0.2) is 18.2 Å². The number of methoxy groups -OCH3 is 1. The van der Waals surface area contributed by atoms with E-state index in [-0.39, 0.29) is 12.6 Å². The van der Waals surface area contributed by atoms with Gasteiger partial charge in [0.15, 0.2) is 11.5 Å². The predicted octanol–water partition coefficient (Wildman–Crippen LogP) is 2.30. The van der Waals surface area contributed by atoms with Crippen LogP contribution < -0.4 is 14.2 Å².